The van der Waals surface area contributed by atoms with Gasteiger partial charge in [-0.15, -0.1) is 0 Å². The van der Waals surface area contributed by atoms with Gasteiger partial charge in [0.2, 0.25) is 21.9 Å². The molecule has 8 nitrogen and oxygen atoms in total. The summed E-state index contributed by atoms with van der Waals surface area (Å²) in [5.74, 6) is 1.54. The van der Waals surface area contributed by atoms with Crippen LogP contribution in [0.3, 0.4) is 0 Å². The van der Waals surface area contributed by atoms with E-state index in [4.69, 9.17) is 0 Å². The minimum atomic E-state index is -3.61. The van der Waals surface area contributed by atoms with Crippen molar-refractivity contribution in [3.05, 3.63) is 36.2 Å². The Kier molecular flexibility index (Phi) is 5.67. The van der Waals surface area contributed by atoms with Crippen molar-refractivity contribution in [2.24, 2.45) is 0 Å². The van der Waals surface area contributed by atoms with Gasteiger partial charge in [0.15, 0.2) is 5.82 Å². The molecule has 1 N–H and O–H groups in total. The average molecular weight is 376 g/mol. The van der Waals surface area contributed by atoms with E-state index >= 15 is 0 Å². The molecule has 1 saturated heterocycles. The van der Waals surface area contributed by atoms with Crippen molar-refractivity contribution in [2.75, 3.05) is 37.0 Å². The fourth-order valence-electron chi connectivity index (χ4n) is 2.75. The lowest BCUT2D eigenvalue weighted by molar-refractivity contribution is 0.563. The molecule has 1 aromatic carbocycles. The molecule has 1 aromatic heterocycles. The summed E-state index contributed by atoms with van der Waals surface area (Å²) >= 11 is 0. The lowest BCUT2D eigenvalue weighted by Gasteiger charge is -2.27. The molecule has 0 spiro atoms. The van der Waals surface area contributed by atoms with Gasteiger partial charge < -0.3 is 9.80 Å². The van der Waals surface area contributed by atoms with Crippen molar-refractivity contribution in [1.82, 2.24) is 19.7 Å². The van der Waals surface area contributed by atoms with E-state index < -0.39 is 10.0 Å². The minimum Gasteiger partial charge on any atom is -0.347 e. The molecule has 9 heteroatoms. The highest BCUT2D eigenvalue weighted by atomic mass is 32.2. The summed E-state index contributed by atoms with van der Waals surface area (Å²) in [5.41, 5.74) is 0. The average Bonchev–Trinajstić information content (AvgIpc) is 2.67. The van der Waals surface area contributed by atoms with Crippen molar-refractivity contribution >= 4 is 21.9 Å². The summed E-state index contributed by atoms with van der Waals surface area (Å²) in [6.07, 6.45) is 3.43. The Hall–Kier alpha value is -2.26. The molecule has 3 rings (SSSR count). The predicted molar refractivity (Wildman–Crippen MR) is 101 cm³/mol. The topological polar surface area (TPSA) is 91.3 Å². The summed E-state index contributed by atoms with van der Waals surface area (Å²) < 4.78 is 27.4. The Morgan fingerprint density at radius 3 is 2.38 bits per heavy atom. The molecule has 1 aliphatic heterocycles. The van der Waals surface area contributed by atoms with Crippen LogP contribution in [-0.2, 0) is 16.6 Å². The van der Waals surface area contributed by atoms with E-state index in [0.717, 1.165) is 25.9 Å². The van der Waals surface area contributed by atoms with Crippen LogP contribution < -0.4 is 14.5 Å². The fourth-order valence-corrected chi connectivity index (χ4v) is 3.75. The SMILES string of the molecule is CN(C)c1nc(CNS(=O)(=O)c2ccccc2)nc(N2CCCCC2)n1. The molecular weight excluding hydrogens is 352 g/mol. The number of benzene rings is 1. The van der Waals surface area contributed by atoms with Crippen LogP contribution >= 0.6 is 0 Å². The Morgan fingerprint density at radius 2 is 1.73 bits per heavy atom. The Balaban J connectivity index is 1.81. The van der Waals surface area contributed by atoms with Gasteiger partial charge in [-0.25, -0.2) is 13.1 Å². The number of hydrogen-bond donors (Lipinski definition) is 1. The van der Waals surface area contributed by atoms with Gasteiger partial charge in [0.1, 0.15) is 0 Å². The molecule has 0 bridgehead atoms. The third-order valence-corrected chi connectivity index (χ3v) is 5.59. The van der Waals surface area contributed by atoms with Crippen LogP contribution in [0.2, 0.25) is 0 Å². The maximum absolute atomic E-state index is 12.4. The maximum Gasteiger partial charge on any atom is 0.240 e. The molecule has 0 saturated carbocycles. The third-order valence-electron chi connectivity index (χ3n) is 4.17. The van der Waals surface area contributed by atoms with Gasteiger partial charge in [-0.05, 0) is 31.4 Å². The van der Waals surface area contributed by atoms with Gasteiger partial charge in [-0.3, -0.25) is 0 Å². The minimum absolute atomic E-state index is 0.0153. The first-order valence-electron chi connectivity index (χ1n) is 8.68. The van der Waals surface area contributed by atoms with E-state index in [1.165, 1.54) is 6.42 Å². The number of rotatable bonds is 6. The van der Waals surface area contributed by atoms with E-state index in [-0.39, 0.29) is 11.4 Å². The van der Waals surface area contributed by atoms with Gasteiger partial charge in [0, 0.05) is 27.2 Å². The highest BCUT2D eigenvalue weighted by Gasteiger charge is 2.19. The third kappa shape index (κ3) is 4.47. The summed E-state index contributed by atoms with van der Waals surface area (Å²) in [6.45, 7) is 1.83. The van der Waals surface area contributed by atoms with E-state index in [9.17, 15) is 8.42 Å². The molecule has 2 aromatic rings. The fraction of sp³-hybridized carbons (Fsp3) is 0.471. The highest BCUT2D eigenvalue weighted by molar-refractivity contribution is 7.89. The summed E-state index contributed by atoms with van der Waals surface area (Å²) in [4.78, 5) is 17.5. The smallest absolute Gasteiger partial charge is 0.240 e. The number of aromatic nitrogens is 3. The molecule has 140 valence electrons. The van der Waals surface area contributed by atoms with Crippen molar-refractivity contribution in [3.8, 4) is 0 Å². The van der Waals surface area contributed by atoms with Gasteiger partial charge in [-0.1, -0.05) is 18.2 Å². The molecule has 1 aliphatic rings. The second kappa shape index (κ2) is 7.96. The van der Waals surface area contributed by atoms with E-state index in [1.807, 2.05) is 14.1 Å². The number of sulfonamides is 1. The maximum atomic E-state index is 12.4. The molecule has 0 radical (unpaired) electrons. The lowest BCUT2D eigenvalue weighted by Crippen LogP contribution is -2.32. The van der Waals surface area contributed by atoms with Gasteiger partial charge >= 0.3 is 0 Å². The molecule has 0 amide bonds. The normalized spacial score (nSPS) is 15.1. The van der Waals surface area contributed by atoms with Crippen LogP contribution in [0.5, 0.6) is 0 Å². The van der Waals surface area contributed by atoms with Crippen LogP contribution in [0.15, 0.2) is 35.2 Å². The summed E-state index contributed by atoms with van der Waals surface area (Å²) in [6, 6.07) is 8.27. The second-order valence-electron chi connectivity index (χ2n) is 6.43. The molecule has 0 atom stereocenters. The van der Waals surface area contributed by atoms with Gasteiger partial charge in [0.25, 0.3) is 0 Å². The standard InChI is InChI=1S/C17H24N6O2S/c1-22(2)16-19-15(20-17(21-16)23-11-7-4-8-12-23)13-18-26(24,25)14-9-5-3-6-10-14/h3,5-6,9-10,18H,4,7-8,11-13H2,1-2H3. The first kappa shape index (κ1) is 18.5. The van der Waals surface area contributed by atoms with Crippen LogP contribution in [0.25, 0.3) is 0 Å². The molecular formula is C17H24N6O2S. The molecule has 26 heavy (non-hydrogen) atoms. The zero-order valence-corrected chi connectivity index (χ0v) is 15.9. The summed E-state index contributed by atoms with van der Waals surface area (Å²) in [7, 11) is 0.102. The zero-order chi connectivity index (χ0) is 18.6. The van der Waals surface area contributed by atoms with E-state index in [0.29, 0.717) is 17.7 Å². The molecule has 2 heterocycles. The van der Waals surface area contributed by atoms with Gasteiger partial charge in [-0.2, -0.15) is 15.0 Å². The van der Waals surface area contributed by atoms with Gasteiger partial charge in [0.05, 0.1) is 11.4 Å². The van der Waals surface area contributed by atoms with E-state index in [1.54, 1.807) is 35.2 Å². The second-order valence-corrected chi connectivity index (χ2v) is 8.20. The van der Waals surface area contributed by atoms with Crippen LogP contribution in [0.1, 0.15) is 25.1 Å². The lowest BCUT2D eigenvalue weighted by atomic mass is 10.1. The van der Waals surface area contributed by atoms with Crippen LogP contribution in [-0.4, -0.2) is 50.6 Å². The number of nitrogens with one attached hydrogen (secondary N) is 1. The largest absolute Gasteiger partial charge is 0.347 e. The van der Waals surface area contributed by atoms with Crippen LogP contribution in [0.4, 0.5) is 11.9 Å². The Bertz CT molecular complexity index is 836. The zero-order valence-electron chi connectivity index (χ0n) is 15.1. The molecule has 0 aliphatic carbocycles. The first-order chi connectivity index (χ1) is 12.5. The Labute approximate surface area is 154 Å². The Morgan fingerprint density at radius 1 is 1.04 bits per heavy atom. The highest BCUT2D eigenvalue weighted by Crippen LogP contribution is 2.18. The van der Waals surface area contributed by atoms with Crippen molar-refractivity contribution in [1.29, 1.82) is 0 Å². The van der Waals surface area contributed by atoms with E-state index in [2.05, 4.69) is 24.6 Å². The quantitative estimate of drug-likeness (QED) is 0.815. The number of piperidine rings is 1. The molecule has 1 fully saturated rings. The first-order valence-corrected chi connectivity index (χ1v) is 10.2. The number of hydrogen-bond acceptors (Lipinski definition) is 7. The van der Waals surface area contributed by atoms with Crippen LogP contribution in [0, 0.1) is 0 Å². The monoisotopic (exact) mass is 376 g/mol. The predicted octanol–water partition coefficient (Wildman–Crippen LogP) is 1.41. The van der Waals surface area contributed by atoms with Crippen molar-refractivity contribution in [3.63, 3.8) is 0 Å². The molecule has 0 unspecified atom stereocenters. The summed E-state index contributed by atoms with van der Waals surface area (Å²) in [5, 5.41) is 0. The van der Waals surface area contributed by atoms with Crippen molar-refractivity contribution in [2.45, 2.75) is 30.7 Å². The number of nitrogens with zero attached hydrogens (tertiary/aromatic N) is 5. The number of anilines is 2. The van der Waals surface area contributed by atoms with Crippen molar-refractivity contribution < 1.29 is 8.42 Å².